The van der Waals surface area contributed by atoms with Crippen LogP contribution in [-0.4, -0.2) is 47.9 Å². The third-order valence-corrected chi connectivity index (χ3v) is 5.18. The van der Waals surface area contributed by atoms with Crippen molar-refractivity contribution in [2.75, 3.05) is 31.6 Å². The third-order valence-electron chi connectivity index (χ3n) is 4.04. The number of thiazole rings is 1. The third kappa shape index (κ3) is 4.50. The molecule has 6 nitrogen and oxygen atoms in total. The molecule has 1 aliphatic heterocycles. The number of benzene rings is 1. The number of aryl methyl sites for hydroxylation is 1. The number of hydrogen-bond acceptors (Lipinski definition) is 6. The molecule has 0 spiro atoms. The maximum absolute atomic E-state index is 12.6. The average Bonchev–Trinajstić information content (AvgIpc) is 2.96. The molecule has 0 aliphatic carbocycles. The zero-order valence-corrected chi connectivity index (χ0v) is 15.2. The van der Waals surface area contributed by atoms with Crippen molar-refractivity contribution in [3.63, 3.8) is 0 Å². The number of ether oxygens (including phenoxy) is 1. The van der Waals surface area contributed by atoms with Crippen LogP contribution in [0.1, 0.15) is 37.7 Å². The minimum Gasteiger partial charge on any atom is -0.379 e. The number of ketones is 1. The lowest BCUT2D eigenvalue weighted by atomic mass is 10.1. The number of Topliss-reactive ketones (excluding diaryl/α,β-unsaturated/α-hetero) is 1. The van der Waals surface area contributed by atoms with Gasteiger partial charge in [0.1, 0.15) is 9.88 Å². The van der Waals surface area contributed by atoms with Gasteiger partial charge in [-0.15, -0.1) is 11.3 Å². The summed E-state index contributed by atoms with van der Waals surface area (Å²) in [4.78, 5) is 31.4. The SMILES string of the molecule is CC(=O)c1cccc(NC(=O)c2sc(CN3CCOCC3)nc2C)c1. The van der Waals surface area contributed by atoms with Crippen LogP contribution in [0.3, 0.4) is 0 Å². The average molecular weight is 359 g/mol. The molecule has 1 aromatic carbocycles. The summed E-state index contributed by atoms with van der Waals surface area (Å²) >= 11 is 1.42. The number of rotatable bonds is 5. The first-order valence-corrected chi connectivity index (χ1v) is 9.03. The van der Waals surface area contributed by atoms with Gasteiger partial charge in [-0.1, -0.05) is 12.1 Å². The Kier molecular flexibility index (Phi) is 5.57. The molecule has 2 aromatic rings. The number of nitrogens with zero attached hydrogens (tertiary/aromatic N) is 2. The molecule has 132 valence electrons. The predicted molar refractivity (Wildman–Crippen MR) is 97.3 cm³/mol. The summed E-state index contributed by atoms with van der Waals surface area (Å²) in [5.41, 5.74) is 1.92. The van der Waals surface area contributed by atoms with Gasteiger partial charge in [0.05, 0.1) is 25.5 Å². The molecule has 1 saturated heterocycles. The monoisotopic (exact) mass is 359 g/mol. The normalized spacial score (nSPS) is 15.1. The first-order valence-electron chi connectivity index (χ1n) is 8.21. The van der Waals surface area contributed by atoms with Crippen LogP contribution in [-0.2, 0) is 11.3 Å². The van der Waals surface area contributed by atoms with E-state index < -0.39 is 0 Å². The van der Waals surface area contributed by atoms with Gasteiger partial charge in [0.2, 0.25) is 0 Å². The second kappa shape index (κ2) is 7.86. The molecule has 1 amide bonds. The molecule has 3 rings (SSSR count). The van der Waals surface area contributed by atoms with E-state index in [0.29, 0.717) is 16.1 Å². The van der Waals surface area contributed by atoms with E-state index in [1.165, 1.54) is 18.3 Å². The fraction of sp³-hybridized carbons (Fsp3) is 0.389. The van der Waals surface area contributed by atoms with E-state index >= 15 is 0 Å². The molecule has 25 heavy (non-hydrogen) atoms. The Hall–Kier alpha value is -2.09. The minimum absolute atomic E-state index is 0.0298. The number of anilines is 1. The maximum Gasteiger partial charge on any atom is 0.267 e. The summed E-state index contributed by atoms with van der Waals surface area (Å²) in [6, 6.07) is 6.95. The smallest absolute Gasteiger partial charge is 0.267 e. The van der Waals surface area contributed by atoms with Crippen LogP contribution in [0.5, 0.6) is 0 Å². The second-order valence-corrected chi connectivity index (χ2v) is 7.09. The van der Waals surface area contributed by atoms with Crippen LogP contribution in [0, 0.1) is 6.92 Å². The number of aromatic nitrogens is 1. The van der Waals surface area contributed by atoms with E-state index in [2.05, 4.69) is 15.2 Å². The molecule has 1 aromatic heterocycles. The largest absolute Gasteiger partial charge is 0.379 e. The van der Waals surface area contributed by atoms with E-state index in [1.54, 1.807) is 24.3 Å². The number of amides is 1. The topological polar surface area (TPSA) is 71.5 Å². The Morgan fingerprint density at radius 1 is 1.32 bits per heavy atom. The first-order chi connectivity index (χ1) is 12.0. The number of carbonyl (C=O) groups excluding carboxylic acids is 2. The number of morpholine rings is 1. The Balaban J connectivity index is 1.69. The number of carbonyl (C=O) groups is 2. The summed E-state index contributed by atoms with van der Waals surface area (Å²) < 4.78 is 5.35. The van der Waals surface area contributed by atoms with Crippen LogP contribution in [0.15, 0.2) is 24.3 Å². The quantitative estimate of drug-likeness (QED) is 0.831. The highest BCUT2D eigenvalue weighted by molar-refractivity contribution is 7.13. The summed E-state index contributed by atoms with van der Waals surface area (Å²) in [6.45, 7) is 7.35. The van der Waals surface area contributed by atoms with Crippen LogP contribution in [0.4, 0.5) is 5.69 Å². The van der Waals surface area contributed by atoms with E-state index in [1.807, 2.05) is 6.92 Å². The van der Waals surface area contributed by atoms with Gasteiger partial charge in [-0.3, -0.25) is 14.5 Å². The van der Waals surface area contributed by atoms with Crippen molar-refractivity contribution in [2.24, 2.45) is 0 Å². The van der Waals surface area contributed by atoms with Gasteiger partial charge < -0.3 is 10.1 Å². The molecule has 7 heteroatoms. The summed E-state index contributed by atoms with van der Waals surface area (Å²) in [6.07, 6.45) is 0. The zero-order chi connectivity index (χ0) is 17.8. The molecule has 0 bridgehead atoms. The molecule has 0 saturated carbocycles. The van der Waals surface area contributed by atoms with E-state index in [0.717, 1.165) is 43.5 Å². The highest BCUT2D eigenvalue weighted by Gasteiger charge is 2.18. The highest BCUT2D eigenvalue weighted by Crippen LogP contribution is 2.22. The van der Waals surface area contributed by atoms with E-state index in [9.17, 15) is 9.59 Å². The van der Waals surface area contributed by atoms with Crippen molar-refractivity contribution >= 4 is 28.7 Å². The van der Waals surface area contributed by atoms with Crippen molar-refractivity contribution < 1.29 is 14.3 Å². The van der Waals surface area contributed by atoms with Crippen molar-refractivity contribution in [1.82, 2.24) is 9.88 Å². The minimum atomic E-state index is -0.191. The molecule has 0 unspecified atom stereocenters. The van der Waals surface area contributed by atoms with Gasteiger partial charge in [-0.25, -0.2) is 4.98 Å². The Morgan fingerprint density at radius 3 is 2.80 bits per heavy atom. The van der Waals surface area contributed by atoms with Gasteiger partial charge in [-0.05, 0) is 26.0 Å². The van der Waals surface area contributed by atoms with Crippen molar-refractivity contribution in [3.8, 4) is 0 Å². The molecular formula is C18H21N3O3S. The van der Waals surface area contributed by atoms with Crippen molar-refractivity contribution in [3.05, 3.63) is 45.4 Å². The lowest BCUT2D eigenvalue weighted by Crippen LogP contribution is -2.35. The second-order valence-electron chi connectivity index (χ2n) is 6.00. The maximum atomic E-state index is 12.6. The molecule has 0 radical (unpaired) electrons. The predicted octanol–water partition coefficient (Wildman–Crippen LogP) is 2.74. The van der Waals surface area contributed by atoms with Crippen LogP contribution in [0.2, 0.25) is 0 Å². The van der Waals surface area contributed by atoms with Gasteiger partial charge >= 0.3 is 0 Å². The molecule has 1 N–H and O–H groups in total. The van der Waals surface area contributed by atoms with E-state index in [-0.39, 0.29) is 11.7 Å². The Labute approximate surface area is 150 Å². The molecule has 2 heterocycles. The van der Waals surface area contributed by atoms with Crippen LogP contribution >= 0.6 is 11.3 Å². The summed E-state index contributed by atoms with van der Waals surface area (Å²) in [7, 11) is 0. The summed E-state index contributed by atoms with van der Waals surface area (Å²) in [5, 5.41) is 3.79. The fourth-order valence-corrected chi connectivity index (χ4v) is 3.69. The van der Waals surface area contributed by atoms with Gasteiger partial charge in [0, 0.05) is 24.3 Å². The Morgan fingerprint density at radius 2 is 2.08 bits per heavy atom. The lowest BCUT2D eigenvalue weighted by molar-refractivity contribution is 0.0341. The van der Waals surface area contributed by atoms with Crippen molar-refractivity contribution in [2.45, 2.75) is 20.4 Å². The van der Waals surface area contributed by atoms with E-state index in [4.69, 9.17) is 4.74 Å². The van der Waals surface area contributed by atoms with Gasteiger partial charge in [0.25, 0.3) is 5.91 Å². The van der Waals surface area contributed by atoms with Gasteiger partial charge in [-0.2, -0.15) is 0 Å². The lowest BCUT2D eigenvalue weighted by Gasteiger charge is -2.25. The molecule has 1 aliphatic rings. The van der Waals surface area contributed by atoms with Crippen molar-refractivity contribution in [1.29, 1.82) is 0 Å². The first kappa shape index (κ1) is 17.7. The molecular weight excluding hydrogens is 338 g/mol. The molecule has 0 atom stereocenters. The highest BCUT2D eigenvalue weighted by atomic mass is 32.1. The zero-order valence-electron chi connectivity index (χ0n) is 14.4. The fourth-order valence-electron chi connectivity index (χ4n) is 2.68. The van der Waals surface area contributed by atoms with Gasteiger partial charge in [0.15, 0.2) is 5.78 Å². The van der Waals surface area contributed by atoms with Crippen LogP contribution < -0.4 is 5.32 Å². The summed E-state index contributed by atoms with van der Waals surface area (Å²) in [5.74, 6) is -0.221. The Bertz CT molecular complexity index is 782. The van der Waals surface area contributed by atoms with Crippen LogP contribution in [0.25, 0.3) is 0 Å². The standard InChI is InChI=1S/C18H21N3O3S/c1-12-17(25-16(19-12)11-21-6-8-24-9-7-21)18(23)20-15-5-3-4-14(10-15)13(2)22/h3-5,10H,6-9,11H2,1-2H3,(H,20,23). The molecule has 1 fully saturated rings. The number of hydrogen-bond donors (Lipinski definition) is 1. The number of nitrogens with one attached hydrogen (secondary N) is 1.